The Hall–Kier alpha value is -1.45. The summed E-state index contributed by atoms with van der Waals surface area (Å²) in [6.07, 6.45) is 8.36. The van der Waals surface area contributed by atoms with Gasteiger partial charge in [-0.15, -0.1) is 0 Å². The zero-order valence-electron chi connectivity index (χ0n) is 12.7. The molecule has 1 aromatic heterocycles. The largest absolute Gasteiger partial charge is 0.467 e. The zero-order valence-corrected chi connectivity index (χ0v) is 12.7. The number of guanidine groups is 1. The van der Waals surface area contributed by atoms with Gasteiger partial charge >= 0.3 is 0 Å². The first kappa shape index (κ1) is 14.9. The second kappa shape index (κ2) is 7.36. The highest BCUT2D eigenvalue weighted by Gasteiger charge is 2.31. The van der Waals surface area contributed by atoms with Crippen LogP contribution >= 0.6 is 0 Å². The van der Waals surface area contributed by atoms with Gasteiger partial charge in [-0.3, -0.25) is 0 Å². The lowest BCUT2D eigenvalue weighted by molar-refractivity contribution is 0.283. The number of furan rings is 1. The molecule has 1 aliphatic carbocycles. The van der Waals surface area contributed by atoms with Gasteiger partial charge in [0.1, 0.15) is 12.3 Å². The van der Waals surface area contributed by atoms with Crippen molar-refractivity contribution in [1.82, 2.24) is 10.6 Å². The third-order valence-corrected chi connectivity index (χ3v) is 4.36. The third-order valence-electron chi connectivity index (χ3n) is 4.36. The van der Waals surface area contributed by atoms with Crippen LogP contribution in [0.4, 0.5) is 0 Å². The lowest BCUT2D eigenvalue weighted by Gasteiger charge is -2.28. The maximum atomic E-state index is 5.32. The van der Waals surface area contributed by atoms with Crippen LogP contribution in [0.5, 0.6) is 0 Å². The Labute approximate surface area is 122 Å². The molecular formula is C16H27N3O. The molecule has 0 atom stereocenters. The van der Waals surface area contributed by atoms with Crippen molar-refractivity contribution in [2.75, 3.05) is 13.1 Å². The van der Waals surface area contributed by atoms with Crippen molar-refractivity contribution in [2.45, 2.75) is 52.5 Å². The first-order valence-electron chi connectivity index (χ1n) is 7.82. The van der Waals surface area contributed by atoms with Crippen LogP contribution in [-0.4, -0.2) is 19.0 Å². The summed E-state index contributed by atoms with van der Waals surface area (Å²) in [4.78, 5) is 4.58. The minimum atomic E-state index is 0.473. The van der Waals surface area contributed by atoms with Crippen LogP contribution < -0.4 is 10.6 Å². The van der Waals surface area contributed by atoms with Crippen molar-refractivity contribution in [3.8, 4) is 0 Å². The van der Waals surface area contributed by atoms with Crippen molar-refractivity contribution >= 4 is 5.96 Å². The molecule has 1 heterocycles. The number of rotatable bonds is 6. The average Bonchev–Trinajstić information content (AvgIpc) is 3.14. The van der Waals surface area contributed by atoms with Crippen molar-refractivity contribution in [1.29, 1.82) is 0 Å². The van der Waals surface area contributed by atoms with E-state index in [4.69, 9.17) is 4.42 Å². The van der Waals surface area contributed by atoms with E-state index in [1.807, 2.05) is 12.1 Å². The predicted octanol–water partition coefficient (Wildman–Crippen LogP) is 3.31. The van der Waals surface area contributed by atoms with Crippen LogP contribution in [0.2, 0.25) is 0 Å². The van der Waals surface area contributed by atoms with Gasteiger partial charge in [0.05, 0.1) is 6.26 Å². The van der Waals surface area contributed by atoms with Gasteiger partial charge in [0.15, 0.2) is 5.96 Å². The predicted molar refractivity (Wildman–Crippen MR) is 82.7 cm³/mol. The lowest BCUT2D eigenvalue weighted by Crippen LogP contribution is -2.42. The molecule has 1 aliphatic rings. The standard InChI is InChI=1S/C16H27N3O/c1-3-16(9-5-6-10-16)13-19-15(17-4-2)18-12-14-8-7-11-20-14/h7-8,11H,3-6,9-10,12-13H2,1-2H3,(H2,17,18,19). The van der Waals surface area contributed by atoms with Crippen LogP contribution in [0.1, 0.15) is 51.7 Å². The van der Waals surface area contributed by atoms with Crippen LogP contribution in [0.25, 0.3) is 0 Å². The van der Waals surface area contributed by atoms with Crippen molar-refractivity contribution in [2.24, 2.45) is 10.4 Å². The van der Waals surface area contributed by atoms with E-state index in [-0.39, 0.29) is 0 Å². The third kappa shape index (κ3) is 4.02. The summed E-state index contributed by atoms with van der Waals surface area (Å²) in [5.41, 5.74) is 0.473. The fourth-order valence-corrected chi connectivity index (χ4v) is 2.95. The van der Waals surface area contributed by atoms with Gasteiger partial charge in [0, 0.05) is 13.1 Å². The summed E-state index contributed by atoms with van der Waals surface area (Å²) in [6.45, 7) is 6.88. The molecular weight excluding hydrogens is 250 g/mol. The minimum Gasteiger partial charge on any atom is -0.467 e. The molecule has 0 aliphatic heterocycles. The van der Waals surface area contributed by atoms with E-state index in [2.05, 4.69) is 29.5 Å². The molecule has 112 valence electrons. The number of aliphatic imine (C=N–C) groups is 1. The van der Waals surface area contributed by atoms with E-state index in [0.717, 1.165) is 24.8 Å². The van der Waals surface area contributed by atoms with Gasteiger partial charge in [0.25, 0.3) is 0 Å². The van der Waals surface area contributed by atoms with Crippen LogP contribution in [0.15, 0.2) is 27.8 Å². The van der Waals surface area contributed by atoms with Gasteiger partial charge in [-0.1, -0.05) is 19.8 Å². The highest BCUT2D eigenvalue weighted by Crippen LogP contribution is 2.40. The molecule has 1 saturated carbocycles. The molecule has 0 saturated heterocycles. The van der Waals surface area contributed by atoms with Crippen molar-refractivity contribution in [3.63, 3.8) is 0 Å². The van der Waals surface area contributed by atoms with Crippen molar-refractivity contribution < 1.29 is 4.42 Å². The lowest BCUT2D eigenvalue weighted by atomic mass is 9.83. The van der Waals surface area contributed by atoms with Gasteiger partial charge in [-0.2, -0.15) is 0 Å². The molecule has 0 radical (unpaired) electrons. The zero-order chi connectivity index (χ0) is 14.3. The van der Waals surface area contributed by atoms with E-state index in [9.17, 15) is 0 Å². The molecule has 0 amide bonds. The molecule has 0 aromatic carbocycles. The maximum Gasteiger partial charge on any atom is 0.191 e. The second-order valence-electron chi connectivity index (χ2n) is 5.69. The normalized spacial score (nSPS) is 18.2. The Balaban J connectivity index is 1.89. The Bertz CT molecular complexity index is 405. The monoisotopic (exact) mass is 277 g/mol. The summed E-state index contributed by atoms with van der Waals surface area (Å²) in [5.74, 6) is 1.79. The summed E-state index contributed by atoms with van der Waals surface area (Å²) in [6, 6.07) is 3.85. The summed E-state index contributed by atoms with van der Waals surface area (Å²) in [7, 11) is 0. The molecule has 0 bridgehead atoms. The van der Waals surface area contributed by atoms with E-state index >= 15 is 0 Å². The number of hydrogen-bond donors (Lipinski definition) is 2. The SMILES string of the molecule is CCNC(=NCc1ccco1)NCC1(CC)CCCC1. The van der Waals surface area contributed by atoms with Crippen LogP contribution in [0.3, 0.4) is 0 Å². The smallest absolute Gasteiger partial charge is 0.191 e. The quantitative estimate of drug-likeness (QED) is 0.619. The number of hydrogen-bond acceptors (Lipinski definition) is 2. The molecule has 2 rings (SSSR count). The fourth-order valence-electron chi connectivity index (χ4n) is 2.95. The Morgan fingerprint density at radius 3 is 2.70 bits per heavy atom. The highest BCUT2D eigenvalue weighted by molar-refractivity contribution is 5.79. The molecule has 1 fully saturated rings. The molecule has 2 N–H and O–H groups in total. The van der Waals surface area contributed by atoms with Gasteiger partial charge in [-0.05, 0) is 43.7 Å². The Morgan fingerprint density at radius 1 is 1.30 bits per heavy atom. The van der Waals surface area contributed by atoms with Gasteiger partial charge in [-0.25, -0.2) is 4.99 Å². The fraction of sp³-hybridized carbons (Fsp3) is 0.688. The van der Waals surface area contributed by atoms with Gasteiger partial charge < -0.3 is 15.1 Å². The van der Waals surface area contributed by atoms with Crippen LogP contribution in [-0.2, 0) is 6.54 Å². The first-order valence-corrected chi connectivity index (χ1v) is 7.82. The summed E-state index contributed by atoms with van der Waals surface area (Å²) < 4.78 is 5.32. The Morgan fingerprint density at radius 2 is 2.10 bits per heavy atom. The molecule has 0 unspecified atom stereocenters. The van der Waals surface area contributed by atoms with Crippen LogP contribution in [0, 0.1) is 5.41 Å². The molecule has 4 heteroatoms. The number of nitrogens with zero attached hydrogens (tertiary/aromatic N) is 1. The maximum absolute atomic E-state index is 5.32. The number of nitrogens with one attached hydrogen (secondary N) is 2. The molecule has 1 aromatic rings. The molecule has 20 heavy (non-hydrogen) atoms. The van der Waals surface area contributed by atoms with E-state index in [0.29, 0.717) is 12.0 Å². The second-order valence-corrected chi connectivity index (χ2v) is 5.69. The minimum absolute atomic E-state index is 0.473. The highest BCUT2D eigenvalue weighted by atomic mass is 16.3. The summed E-state index contributed by atoms with van der Waals surface area (Å²) >= 11 is 0. The first-order chi connectivity index (χ1) is 9.78. The van der Waals surface area contributed by atoms with E-state index in [1.165, 1.54) is 32.1 Å². The Kier molecular flexibility index (Phi) is 5.50. The average molecular weight is 277 g/mol. The topological polar surface area (TPSA) is 49.6 Å². The summed E-state index contributed by atoms with van der Waals surface area (Å²) in [5, 5.41) is 6.82. The van der Waals surface area contributed by atoms with Gasteiger partial charge in [0.2, 0.25) is 0 Å². The van der Waals surface area contributed by atoms with E-state index in [1.54, 1.807) is 6.26 Å². The molecule has 4 nitrogen and oxygen atoms in total. The molecule has 0 spiro atoms. The van der Waals surface area contributed by atoms with Crippen molar-refractivity contribution in [3.05, 3.63) is 24.2 Å². The van der Waals surface area contributed by atoms with E-state index < -0.39 is 0 Å².